The van der Waals surface area contributed by atoms with E-state index >= 15 is 0 Å². The van der Waals surface area contributed by atoms with Crippen LogP contribution in [0.25, 0.3) is 0 Å². The summed E-state index contributed by atoms with van der Waals surface area (Å²) in [5.74, 6) is 0.305. The molecule has 0 aromatic heterocycles. The Balaban J connectivity index is 1.83. The van der Waals surface area contributed by atoms with Crippen molar-refractivity contribution in [1.29, 1.82) is 0 Å². The summed E-state index contributed by atoms with van der Waals surface area (Å²) < 4.78 is 10.6. The molecule has 1 aliphatic heterocycles. The maximum atomic E-state index is 12.7. The predicted molar refractivity (Wildman–Crippen MR) is 103 cm³/mol. The molecule has 2 aromatic rings. The van der Waals surface area contributed by atoms with Crippen molar-refractivity contribution in [1.82, 2.24) is 4.90 Å². The van der Waals surface area contributed by atoms with Crippen molar-refractivity contribution in [3.8, 4) is 5.75 Å². The molecule has 1 N–H and O–H groups in total. The van der Waals surface area contributed by atoms with Gasteiger partial charge in [-0.1, -0.05) is 23.7 Å². The largest absolute Gasteiger partial charge is 0.481 e. The average Bonchev–Trinajstić information content (AvgIpc) is 2.74. The maximum absolute atomic E-state index is 12.7. The molecule has 2 amide bonds. The van der Waals surface area contributed by atoms with Crippen LogP contribution < -0.4 is 10.1 Å². The highest BCUT2D eigenvalue weighted by Gasteiger charge is 2.28. The quantitative estimate of drug-likeness (QED) is 0.853. The lowest BCUT2D eigenvalue weighted by molar-refractivity contribution is -0.138. The lowest BCUT2D eigenvalue weighted by Crippen LogP contribution is -2.37. The average molecular weight is 389 g/mol. The fraction of sp³-hybridized carbons (Fsp3) is 0.300. The molecule has 142 valence electrons. The van der Waals surface area contributed by atoms with Gasteiger partial charge in [-0.05, 0) is 42.8 Å². The summed E-state index contributed by atoms with van der Waals surface area (Å²) >= 11 is 5.94. The van der Waals surface area contributed by atoms with E-state index in [0.717, 1.165) is 11.1 Å². The van der Waals surface area contributed by atoms with Crippen molar-refractivity contribution in [2.45, 2.75) is 26.1 Å². The minimum atomic E-state index is -0.590. The van der Waals surface area contributed by atoms with Crippen LogP contribution >= 0.6 is 11.6 Å². The second-order valence-electron chi connectivity index (χ2n) is 6.38. The highest BCUT2D eigenvalue weighted by Crippen LogP contribution is 2.29. The molecule has 7 heteroatoms. The number of fused-ring (bicyclic) bond motifs is 1. The van der Waals surface area contributed by atoms with Crippen molar-refractivity contribution in [3.05, 3.63) is 58.6 Å². The fourth-order valence-corrected chi connectivity index (χ4v) is 3.08. The normalized spacial score (nSPS) is 16.3. The van der Waals surface area contributed by atoms with Crippen LogP contribution in [0.15, 0.2) is 42.5 Å². The van der Waals surface area contributed by atoms with Crippen LogP contribution in [-0.4, -0.2) is 36.5 Å². The van der Waals surface area contributed by atoms with E-state index in [1.165, 1.54) is 7.11 Å². The smallest absolute Gasteiger partial charge is 0.263 e. The highest BCUT2D eigenvalue weighted by molar-refractivity contribution is 6.30. The summed E-state index contributed by atoms with van der Waals surface area (Å²) in [5.41, 5.74) is 2.44. The Morgan fingerprint density at radius 3 is 2.74 bits per heavy atom. The van der Waals surface area contributed by atoms with Crippen LogP contribution in [0.2, 0.25) is 5.02 Å². The van der Waals surface area contributed by atoms with Crippen LogP contribution in [0.4, 0.5) is 5.69 Å². The maximum Gasteiger partial charge on any atom is 0.263 e. The molecule has 3 rings (SSSR count). The number of carbonyl (C=O) groups is 2. The Bertz CT molecular complexity index is 838. The summed E-state index contributed by atoms with van der Waals surface area (Å²) in [4.78, 5) is 26.2. The topological polar surface area (TPSA) is 67.9 Å². The van der Waals surface area contributed by atoms with Crippen LogP contribution in [0.5, 0.6) is 5.75 Å². The van der Waals surface area contributed by atoms with E-state index in [9.17, 15) is 9.59 Å². The van der Waals surface area contributed by atoms with E-state index in [1.807, 2.05) is 18.2 Å². The Kier molecular flexibility index (Phi) is 5.98. The highest BCUT2D eigenvalue weighted by atomic mass is 35.5. The van der Waals surface area contributed by atoms with E-state index in [0.29, 0.717) is 29.5 Å². The number of ether oxygens (including phenoxy) is 2. The van der Waals surface area contributed by atoms with Gasteiger partial charge in [0.15, 0.2) is 6.10 Å². The molecule has 1 aliphatic rings. The summed E-state index contributed by atoms with van der Waals surface area (Å²) in [6, 6.07) is 12.7. The summed E-state index contributed by atoms with van der Waals surface area (Å²) in [6.07, 6.45) is -0.590. The third-order valence-electron chi connectivity index (χ3n) is 4.23. The van der Waals surface area contributed by atoms with Gasteiger partial charge in [-0.2, -0.15) is 0 Å². The van der Waals surface area contributed by atoms with Crippen LogP contribution in [0, 0.1) is 0 Å². The number of amides is 2. The molecule has 6 nitrogen and oxygen atoms in total. The molecule has 0 spiro atoms. The summed E-state index contributed by atoms with van der Waals surface area (Å²) in [5, 5.41) is 3.42. The molecule has 2 aromatic carbocycles. The van der Waals surface area contributed by atoms with Crippen molar-refractivity contribution in [2.75, 3.05) is 19.0 Å². The van der Waals surface area contributed by atoms with Gasteiger partial charge >= 0.3 is 0 Å². The van der Waals surface area contributed by atoms with Gasteiger partial charge in [0, 0.05) is 36.5 Å². The number of benzene rings is 2. The number of hydrogen-bond acceptors (Lipinski definition) is 4. The number of halogens is 1. The zero-order valence-corrected chi connectivity index (χ0v) is 16.0. The van der Waals surface area contributed by atoms with Gasteiger partial charge < -0.3 is 19.7 Å². The van der Waals surface area contributed by atoms with Gasteiger partial charge in [-0.25, -0.2) is 0 Å². The van der Waals surface area contributed by atoms with E-state index in [1.54, 1.807) is 36.1 Å². The molecule has 0 saturated heterocycles. The SMILES string of the molecule is COCC(=O)Nc1ccc2c(c1)CN(Cc1ccc(Cl)cc1)C(=O)[C@H](C)O2. The predicted octanol–water partition coefficient (Wildman–Crippen LogP) is 3.23. The van der Waals surface area contributed by atoms with Crippen LogP contribution in [0.3, 0.4) is 0 Å². The van der Waals surface area contributed by atoms with E-state index in [4.69, 9.17) is 21.1 Å². The first-order valence-corrected chi connectivity index (χ1v) is 8.95. The standard InChI is InChI=1S/C20H21ClN2O4/c1-13-20(25)23(10-14-3-5-16(21)6-4-14)11-15-9-17(7-8-18(15)27-13)22-19(24)12-26-2/h3-9,13H,10-12H2,1-2H3,(H,22,24)/t13-/m0/s1. The van der Waals surface area contributed by atoms with Crippen LogP contribution in [-0.2, 0) is 27.4 Å². The molecule has 0 unspecified atom stereocenters. The zero-order valence-electron chi connectivity index (χ0n) is 15.2. The second-order valence-corrected chi connectivity index (χ2v) is 6.82. The number of carbonyl (C=O) groups excluding carboxylic acids is 2. The monoisotopic (exact) mass is 388 g/mol. The molecule has 1 heterocycles. The molecule has 0 aliphatic carbocycles. The molecular weight excluding hydrogens is 368 g/mol. The van der Waals surface area contributed by atoms with Gasteiger partial charge in [-0.15, -0.1) is 0 Å². The van der Waals surface area contributed by atoms with E-state index < -0.39 is 6.10 Å². The molecule has 1 atom stereocenters. The Morgan fingerprint density at radius 1 is 1.30 bits per heavy atom. The molecule has 0 radical (unpaired) electrons. The number of hydrogen-bond donors (Lipinski definition) is 1. The number of methoxy groups -OCH3 is 1. The number of rotatable bonds is 5. The first-order chi connectivity index (χ1) is 13.0. The summed E-state index contributed by atoms with van der Waals surface area (Å²) in [7, 11) is 1.46. The first-order valence-electron chi connectivity index (χ1n) is 8.58. The Labute approximate surface area is 163 Å². The van der Waals surface area contributed by atoms with Gasteiger partial charge in [0.2, 0.25) is 5.91 Å². The van der Waals surface area contributed by atoms with Crippen molar-refractivity contribution < 1.29 is 19.1 Å². The van der Waals surface area contributed by atoms with Crippen molar-refractivity contribution >= 4 is 29.1 Å². The van der Waals surface area contributed by atoms with E-state index in [2.05, 4.69) is 5.32 Å². The van der Waals surface area contributed by atoms with Gasteiger partial charge in [-0.3, -0.25) is 9.59 Å². The lowest BCUT2D eigenvalue weighted by Gasteiger charge is -2.22. The van der Waals surface area contributed by atoms with Gasteiger partial charge in [0.25, 0.3) is 5.91 Å². The molecule has 27 heavy (non-hydrogen) atoms. The van der Waals surface area contributed by atoms with E-state index in [-0.39, 0.29) is 18.4 Å². The fourth-order valence-electron chi connectivity index (χ4n) is 2.95. The Hall–Kier alpha value is -2.57. The van der Waals surface area contributed by atoms with Crippen molar-refractivity contribution in [2.24, 2.45) is 0 Å². The zero-order chi connectivity index (χ0) is 19.4. The molecule has 0 saturated carbocycles. The third-order valence-corrected chi connectivity index (χ3v) is 4.48. The number of anilines is 1. The minimum Gasteiger partial charge on any atom is -0.481 e. The lowest BCUT2D eigenvalue weighted by atomic mass is 10.1. The van der Waals surface area contributed by atoms with Gasteiger partial charge in [0.05, 0.1) is 0 Å². The number of nitrogens with one attached hydrogen (secondary N) is 1. The molecular formula is C20H21ClN2O4. The summed E-state index contributed by atoms with van der Waals surface area (Å²) in [6.45, 7) is 2.55. The minimum absolute atomic E-state index is 0.0220. The second kappa shape index (κ2) is 8.41. The van der Waals surface area contributed by atoms with Crippen molar-refractivity contribution in [3.63, 3.8) is 0 Å². The van der Waals surface area contributed by atoms with Crippen LogP contribution in [0.1, 0.15) is 18.1 Å². The van der Waals surface area contributed by atoms with Gasteiger partial charge in [0.1, 0.15) is 12.4 Å². The third kappa shape index (κ3) is 4.78. The Morgan fingerprint density at radius 2 is 2.04 bits per heavy atom. The first kappa shape index (κ1) is 19.2. The molecule has 0 fully saturated rings. The molecule has 0 bridgehead atoms. The number of nitrogens with zero attached hydrogens (tertiary/aromatic N) is 1.